The third-order valence-corrected chi connectivity index (χ3v) is 5.59. The van der Waals surface area contributed by atoms with Crippen LogP contribution >= 0.6 is 0 Å². The van der Waals surface area contributed by atoms with E-state index < -0.39 is 0 Å². The lowest BCUT2D eigenvalue weighted by Crippen LogP contribution is -2.35. The number of para-hydroxylation sites is 1. The molecule has 0 unspecified atom stereocenters. The number of nitrogens with zero attached hydrogens (tertiary/aromatic N) is 5. The lowest BCUT2D eigenvalue weighted by atomic mass is 10.0. The number of fused-ring (bicyclic) bond motifs is 1. The number of rotatable bonds is 8. The molecule has 0 atom stereocenters. The van der Waals surface area contributed by atoms with Crippen LogP contribution in [-0.2, 0) is 4.79 Å². The van der Waals surface area contributed by atoms with Gasteiger partial charge in [-0.25, -0.2) is 4.68 Å². The van der Waals surface area contributed by atoms with Gasteiger partial charge in [0.25, 0.3) is 0 Å². The number of amides is 1. The van der Waals surface area contributed by atoms with Crippen molar-refractivity contribution in [3.63, 3.8) is 0 Å². The molecule has 1 amide bonds. The molecule has 1 aromatic carbocycles. The van der Waals surface area contributed by atoms with Crippen LogP contribution in [-0.4, -0.2) is 57.0 Å². The first kappa shape index (κ1) is 20.2. The number of likely N-dealkylation sites (tertiary alicyclic amines) is 1. The summed E-state index contributed by atoms with van der Waals surface area (Å²) in [6.07, 6.45) is 11.1. The summed E-state index contributed by atoms with van der Waals surface area (Å²) in [7, 11) is 0. The fourth-order valence-electron chi connectivity index (χ4n) is 3.92. The van der Waals surface area contributed by atoms with Gasteiger partial charge in [0, 0.05) is 38.1 Å². The Hall–Kier alpha value is -3.06. The highest BCUT2D eigenvalue weighted by Gasteiger charge is 2.22. The molecular formula is C23H28N6O. The molecule has 3 heterocycles. The molecule has 30 heavy (non-hydrogen) atoms. The molecule has 0 aliphatic carbocycles. The summed E-state index contributed by atoms with van der Waals surface area (Å²) >= 11 is 0. The molecule has 0 saturated carbocycles. The monoisotopic (exact) mass is 404 g/mol. The maximum Gasteiger partial charge on any atom is 0.243 e. The molecule has 1 fully saturated rings. The zero-order valence-corrected chi connectivity index (χ0v) is 17.2. The highest BCUT2D eigenvalue weighted by molar-refractivity contribution is 5.91. The zero-order chi connectivity index (χ0) is 20.6. The Morgan fingerprint density at radius 1 is 1.13 bits per heavy atom. The summed E-state index contributed by atoms with van der Waals surface area (Å²) in [5, 5.41) is 11.6. The molecular weight excluding hydrogens is 376 g/mol. The van der Waals surface area contributed by atoms with Gasteiger partial charge in [-0.05, 0) is 62.1 Å². The average molecular weight is 405 g/mol. The van der Waals surface area contributed by atoms with Gasteiger partial charge in [-0.15, -0.1) is 5.10 Å². The number of pyridine rings is 1. The molecule has 1 N–H and O–H groups in total. The van der Waals surface area contributed by atoms with Gasteiger partial charge in [0.15, 0.2) is 0 Å². The number of piperidine rings is 1. The average Bonchev–Trinajstić information content (AvgIpc) is 3.23. The van der Waals surface area contributed by atoms with Gasteiger partial charge in [-0.2, -0.15) is 0 Å². The van der Waals surface area contributed by atoms with Crippen molar-refractivity contribution < 1.29 is 4.79 Å². The molecule has 4 rings (SSSR count). The summed E-state index contributed by atoms with van der Waals surface area (Å²) in [6.45, 7) is 3.95. The first-order valence-corrected chi connectivity index (χ1v) is 10.7. The van der Waals surface area contributed by atoms with Gasteiger partial charge in [-0.3, -0.25) is 9.78 Å². The van der Waals surface area contributed by atoms with Crippen molar-refractivity contribution in [2.45, 2.75) is 31.7 Å². The molecule has 156 valence electrons. The number of nitrogens with one attached hydrogen (secondary N) is 1. The standard InChI is InChI=1S/C23H28N6O/c30-23(10-9-19-6-5-13-24-18-19)25-14-3-4-15-28-16-11-20(12-17-28)29-22-8-2-1-7-21(22)26-27-29/h1-2,5-10,13,18,20H,3-4,11-12,14-17H2,(H,25,30)/b10-9+. The number of aromatic nitrogens is 4. The lowest BCUT2D eigenvalue weighted by Gasteiger charge is -2.32. The summed E-state index contributed by atoms with van der Waals surface area (Å²) in [5.41, 5.74) is 3.02. The van der Waals surface area contributed by atoms with E-state index in [4.69, 9.17) is 0 Å². The molecule has 0 bridgehead atoms. The van der Waals surface area contributed by atoms with Gasteiger partial charge >= 0.3 is 0 Å². The minimum Gasteiger partial charge on any atom is -0.353 e. The Balaban J connectivity index is 1.12. The minimum absolute atomic E-state index is 0.0558. The third-order valence-electron chi connectivity index (χ3n) is 5.59. The number of unbranched alkanes of at least 4 members (excludes halogenated alkanes) is 1. The normalized spacial score (nSPS) is 15.7. The molecule has 2 aromatic heterocycles. The number of hydrogen-bond donors (Lipinski definition) is 1. The molecule has 0 spiro atoms. The van der Waals surface area contributed by atoms with Crippen LogP contribution in [0.3, 0.4) is 0 Å². The molecule has 1 aliphatic heterocycles. The Morgan fingerprint density at radius 2 is 2.00 bits per heavy atom. The molecule has 7 heteroatoms. The largest absolute Gasteiger partial charge is 0.353 e. The lowest BCUT2D eigenvalue weighted by molar-refractivity contribution is -0.116. The van der Waals surface area contributed by atoms with E-state index in [-0.39, 0.29) is 5.91 Å². The predicted molar refractivity (Wildman–Crippen MR) is 118 cm³/mol. The van der Waals surface area contributed by atoms with Gasteiger partial charge < -0.3 is 10.2 Å². The van der Waals surface area contributed by atoms with Crippen LogP contribution < -0.4 is 5.32 Å². The van der Waals surface area contributed by atoms with Crippen LogP contribution in [0.1, 0.15) is 37.3 Å². The predicted octanol–water partition coefficient (Wildman–Crippen LogP) is 3.07. The molecule has 7 nitrogen and oxygen atoms in total. The second-order valence-corrected chi connectivity index (χ2v) is 7.71. The molecule has 3 aromatic rings. The maximum absolute atomic E-state index is 11.9. The Labute approximate surface area is 176 Å². The van der Waals surface area contributed by atoms with Crippen molar-refractivity contribution >= 4 is 23.0 Å². The summed E-state index contributed by atoms with van der Waals surface area (Å²) in [5.74, 6) is -0.0558. The van der Waals surface area contributed by atoms with Crippen LogP contribution in [0.15, 0.2) is 54.9 Å². The molecule has 1 aliphatic rings. The van der Waals surface area contributed by atoms with Crippen molar-refractivity contribution in [3.8, 4) is 0 Å². The second-order valence-electron chi connectivity index (χ2n) is 7.71. The minimum atomic E-state index is -0.0558. The van der Waals surface area contributed by atoms with E-state index in [1.54, 1.807) is 24.5 Å². The van der Waals surface area contributed by atoms with E-state index in [1.807, 2.05) is 30.3 Å². The fraction of sp³-hybridized carbons (Fsp3) is 0.391. The molecule has 1 saturated heterocycles. The van der Waals surface area contributed by atoms with Gasteiger partial charge in [0.2, 0.25) is 5.91 Å². The topological polar surface area (TPSA) is 75.9 Å². The summed E-state index contributed by atoms with van der Waals surface area (Å²) < 4.78 is 2.10. The van der Waals surface area contributed by atoms with Gasteiger partial charge in [0.1, 0.15) is 5.52 Å². The van der Waals surface area contributed by atoms with Crippen molar-refractivity contribution in [3.05, 3.63) is 60.4 Å². The Kier molecular flexibility index (Phi) is 6.82. The van der Waals surface area contributed by atoms with Crippen molar-refractivity contribution in [1.82, 2.24) is 30.2 Å². The number of hydrogen-bond acceptors (Lipinski definition) is 5. The SMILES string of the molecule is O=C(/C=C/c1cccnc1)NCCCCN1CCC(n2nnc3ccccc32)CC1. The summed E-state index contributed by atoms with van der Waals surface area (Å²) in [6, 6.07) is 12.4. The number of benzene rings is 1. The fourth-order valence-corrected chi connectivity index (χ4v) is 3.92. The third kappa shape index (κ3) is 5.30. The summed E-state index contributed by atoms with van der Waals surface area (Å²) in [4.78, 5) is 18.4. The van der Waals surface area contributed by atoms with E-state index >= 15 is 0 Å². The second kappa shape index (κ2) is 10.1. The number of carbonyl (C=O) groups is 1. The highest BCUT2D eigenvalue weighted by atomic mass is 16.1. The van der Waals surface area contributed by atoms with E-state index in [2.05, 4.69) is 36.3 Å². The Morgan fingerprint density at radius 3 is 2.83 bits per heavy atom. The zero-order valence-electron chi connectivity index (χ0n) is 17.2. The van der Waals surface area contributed by atoms with Gasteiger partial charge in [0.05, 0.1) is 11.6 Å². The maximum atomic E-state index is 11.9. The van der Waals surface area contributed by atoms with E-state index in [9.17, 15) is 4.79 Å². The van der Waals surface area contributed by atoms with Gasteiger partial charge in [-0.1, -0.05) is 23.4 Å². The smallest absolute Gasteiger partial charge is 0.243 e. The quantitative estimate of drug-likeness (QED) is 0.461. The van der Waals surface area contributed by atoms with Crippen LogP contribution in [0.2, 0.25) is 0 Å². The Bertz CT molecular complexity index is 976. The van der Waals surface area contributed by atoms with E-state index in [0.29, 0.717) is 12.6 Å². The van der Waals surface area contributed by atoms with Crippen LogP contribution in [0.4, 0.5) is 0 Å². The van der Waals surface area contributed by atoms with Crippen LogP contribution in [0, 0.1) is 0 Å². The first-order valence-electron chi connectivity index (χ1n) is 10.7. The van der Waals surface area contributed by atoms with Crippen LogP contribution in [0.5, 0.6) is 0 Å². The molecule has 0 radical (unpaired) electrons. The van der Waals surface area contributed by atoms with Crippen molar-refractivity contribution in [1.29, 1.82) is 0 Å². The van der Waals surface area contributed by atoms with Crippen molar-refractivity contribution in [2.24, 2.45) is 0 Å². The van der Waals surface area contributed by atoms with Crippen molar-refractivity contribution in [2.75, 3.05) is 26.2 Å². The van der Waals surface area contributed by atoms with E-state index in [0.717, 1.165) is 61.9 Å². The highest BCUT2D eigenvalue weighted by Crippen LogP contribution is 2.25. The number of carbonyl (C=O) groups excluding carboxylic acids is 1. The van der Waals surface area contributed by atoms with E-state index in [1.165, 1.54) is 0 Å². The van der Waals surface area contributed by atoms with Crippen LogP contribution in [0.25, 0.3) is 17.1 Å². The first-order chi connectivity index (χ1) is 14.8.